The smallest absolute Gasteiger partial charge is 0.0657 e. The Balaban J connectivity index is 1.89. The Bertz CT molecular complexity index is 365. The van der Waals surface area contributed by atoms with Crippen molar-refractivity contribution in [3.05, 3.63) is 23.2 Å². The van der Waals surface area contributed by atoms with Crippen LogP contribution in [0.3, 0.4) is 0 Å². The highest BCUT2D eigenvalue weighted by molar-refractivity contribution is 6.33. The minimum absolute atomic E-state index is 0.713. The molecule has 1 aliphatic carbocycles. The third-order valence-corrected chi connectivity index (χ3v) is 3.69. The number of nitrogen functional groups attached to an aromatic ring is 1. The molecule has 1 aliphatic rings. The summed E-state index contributed by atoms with van der Waals surface area (Å²) in [6.07, 6.45) is 4.03. The lowest BCUT2D eigenvalue weighted by atomic mass is 10.1. The van der Waals surface area contributed by atoms with E-state index in [1.54, 1.807) is 6.07 Å². The molecule has 1 aromatic rings. The molecule has 2 nitrogen and oxygen atoms in total. The molecule has 0 spiro atoms. The van der Waals surface area contributed by atoms with Crippen molar-refractivity contribution in [2.75, 3.05) is 17.6 Å². The summed E-state index contributed by atoms with van der Waals surface area (Å²) < 4.78 is 0. The maximum Gasteiger partial charge on any atom is 0.0657 e. The van der Waals surface area contributed by atoms with Gasteiger partial charge >= 0.3 is 0 Å². The number of hydrogen-bond donors (Lipinski definition) is 2. The molecule has 0 amide bonds. The average Bonchev–Trinajstić information content (AvgIpc) is 2.63. The molecule has 0 radical (unpaired) electrons. The predicted molar refractivity (Wildman–Crippen MR) is 70.9 cm³/mol. The van der Waals surface area contributed by atoms with Crippen molar-refractivity contribution in [2.45, 2.75) is 26.2 Å². The molecule has 2 rings (SSSR count). The average molecular weight is 239 g/mol. The first-order chi connectivity index (χ1) is 7.65. The Morgan fingerprint density at radius 1 is 1.44 bits per heavy atom. The summed E-state index contributed by atoms with van der Waals surface area (Å²) in [7, 11) is 0. The third-order valence-electron chi connectivity index (χ3n) is 3.38. The van der Waals surface area contributed by atoms with Gasteiger partial charge in [-0.15, -0.1) is 0 Å². The summed E-state index contributed by atoms with van der Waals surface area (Å²) in [5.41, 5.74) is 7.36. The summed E-state index contributed by atoms with van der Waals surface area (Å²) in [5.74, 6) is 1.68. The third kappa shape index (κ3) is 2.82. The van der Waals surface area contributed by atoms with Crippen LogP contribution in [0.15, 0.2) is 18.2 Å². The largest absolute Gasteiger partial charge is 0.399 e. The lowest BCUT2D eigenvalue weighted by molar-refractivity contribution is 0.537. The van der Waals surface area contributed by atoms with Gasteiger partial charge < -0.3 is 11.1 Å². The number of nitrogens with two attached hydrogens (primary N) is 1. The topological polar surface area (TPSA) is 38.0 Å². The van der Waals surface area contributed by atoms with Crippen LogP contribution in [-0.4, -0.2) is 6.54 Å². The molecule has 16 heavy (non-hydrogen) atoms. The van der Waals surface area contributed by atoms with Gasteiger partial charge in [-0.3, -0.25) is 0 Å². The minimum atomic E-state index is 0.713. The van der Waals surface area contributed by atoms with Gasteiger partial charge in [0.1, 0.15) is 0 Å². The van der Waals surface area contributed by atoms with Gasteiger partial charge in [0.15, 0.2) is 0 Å². The minimum Gasteiger partial charge on any atom is -0.399 e. The number of nitrogens with one attached hydrogen (secondary N) is 1. The fraction of sp³-hybridized carbons (Fsp3) is 0.538. The van der Waals surface area contributed by atoms with E-state index in [9.17, 15) is 0 Å². The summed E-state index contributed by atoms with van der Waals surface area (Å²) in [6, 6.07) is 5.63. The molecule has 0 aromatic heterocycles. The van der Waals surface area contributed by atoms with Crippen molar-refractivity contribution in [2.24, 2.45) is 11.8 Å². The first-order valence-electron chi connectivity index (χ1n) is 5.94. The molecule has 0 bridgehead atoms. The molecule has 0 saturated heterocycles. The predicted octanol–water partition coefficient (Wildman–Crippen LogP) is 3.77. The van der Waals surface area contributed by atoms with Gasteiger partial charge in [0.25, 0.3) is 0 Å². The highest BCUT2D eigenvalue weighted by Crippen LogP contribution is 2.31. The van der Waals surface area contributed by atoms with Crippen molar-refractivity contribution >= 4 is 23.0 Å². The molecule has 1 saturated carbocycles. The molecule has 0 heterocycles. The zero-order valence-corrected chi connectivity index (χ0v) is 10.4. The van der Waals surface area contributed by atoms with E-state index in [2.05, 4.69) is 12.2 Å². The van der Waals surface area contributed by atoms with E-state index in [0.717, 1.165) is 24.1 Å². The fourth-order valence-electron chi connectivity index (χ4n) is 2.44. The van der Waals surface area contributed by atoms with Crippen LogP contribution in [0, 0.1) is 11.8 Å². The van der Waals surface area contributed by atoms with Crippen molar-refractivity contribution < 1.29 is 0 Å². The Labute approximate surface area is 102 Å². The SMILES string of the molecule is CC1CCC(CNc2ccc(N)cc2Cl)C1. The molecule has 3 heteroatoms. The van der Waals surface area contributed by atoms with Crippen LogP contribution in [0.2, 0.25) is 5.02 Å². The molecule has 0 aliphatic heterocycles. The number of rotatable bonds is 3. The van der Waals surface area contributed by atoms with Gasteiger partial charge in [0.05, 0.1) is 10.7 Å². The van der Waals surface area contributed by atoms with Crippen LogP contribution < -0.4 is 11.1 Å². The van der Waals surface area contributed by atoms with E-state index in [-0.39, 0.29) is 0 Å². The fourth-order valence-corrected chi connectivity index (χ4v) is 2.70. The molecule has 2 atom stereocenters. The van der Waals surface area contributed by atoms with Crippen LogP contribution in [-0.2, 0) is 0 Å². The van der Waals surface area contributed by atoms with Crippen molar-refractivity contribution in [3.63, 3.8) is 0 Å². The van der Waals surface area contributed by atoms with Gasteiger partial charge in [0.2, 0.25) is 0 Å². The van der Waals surface area contributed by atoms with Crippen LogP contribution in [0.5, 0.6) is 0 Å². The maximum atomic E-state index is 6.10. The van der Waals surface area contributed by atoms with Gasteiger partial charge in [-0.2, -0.15) is 0 Å². The summed E-state index contributed by atoms with van der Waals surface area (Å²) in [4.78, 5) is 0. The lowest BCUT2D eigenvalue weighted by Gasteiger charge is -2.13. The highest BCUT2D eigenvalue weighted by atomic mass is 35.5. The Morgan fingerprint density at radius 3 is 2.88 bits per heavy atom. The van der Waals surface area contributed by atoms with Crippen molar-refractivity contribution in [1.29, 1.82) is 0 Å². The number of benzene rings is 1. The number of hydrogen-bond acceptors (Lipinski definition) is 2. The van der Waals surface area contributed by atoms with Crippen LogP contribution in [0.1, 0.15) is 26.2 Å². The zero-order valence-electron chi connectivity index (χ0n) is 9.67. The molecular weight excluding hydrogens is 220 g/mol. The Hall–Kier alpha value is -0.890. The molecule has 1 fully saturated rings. The molecule has 88 valence electrons. The summed E-state index contributed by atoms with van der Waals surface area (Å²) >= 11 is 6.10. The molecule has 3 N–H and O–H groups in total. The first-order valence-corrected chi connectivity index (χ1v) is 6.32. The van der Waals surface area contributed by atoms with Gasteiger partial charge in [0, 0.05) is 12.2 Å². The first kappa shape index (κ1) is 11.6. The second-order valence-electron chi connectivity index (χ2n) is 4.90. The molecular formula is C13H19ClN2. The van der Waals surface area contributed by atoms with Crippen LogP contribution in [0.25, 0.3) is 0 Å². The van der Waals surface area contributed by atoms with Crippen molar-refractivity contribution in [3.8, 4) is 0 Å². The molecule has 2 unspecified atom stereocenters. The Kier molecular flexibility index (Phi) is 3.59. The van der Waals surface area contributed by atoms with E-state index in [4.69, 9.17) is 17.3 Å². The standard InChI is InChI=1S/C13H19ClN2/c1-9-2-3-10(6-9)8-16-13-5-4-11(15)7-12(13)14/h4-5,7,9-10,16H,2-3,6,8,15H2,1H3. The maximum absolute atomic E-state index is 6.10. The van der Waals surface area contributed by atoms with E-state index in [0.29, 0.717) is 10.7 Å². The van der Waals surface area contributed by atoms with Crippen LogP contribution >= 0.6 is 11.6 Å². The van der Waals surface area contributed by atoms with E-state index in [1.807, 2.05) is 12.1 Å². The van der Waals surface area contributed by atoms with Gasteiger partial charge in [-0.25, -0.2) is 0 Å². The lowest BCUT2D eigenvalue weighted by Crippen LogP contribution is -2.11. The number of anilines is 2. The highest BCUT2D eigenvalue weighted by Gasteiger charge is 2.20. The van der Waals surface area contributed by atoms with Crippen LogP contribution in [0.4, 0.5) is 11.4 Å². The summed E-state index contributed by atoms with van der Waals surface area (Å²) in [6.45, 7) is 3.35. The molecule has 1 aromatic carbocycles. The number of halogens is 1. The van der Waals surface area contributed by atoms with Gasteiger partial charge in [-0.05, 0) is 42.9 Å². The van der Waals surface area contributed by atoms with E-state index in [1.165, 1.54) is 19.3 Å². The van der Waals surface area contributed by atoms with E-state index < -0.39 is 0 Å². The monoisotopic (exact) mass is 238 g/mol. The second kappa shape index (κ2) is 4.96. The van der Waals surface area contributed by atoms with Gasteiger partial charge in [-0.1, -0.05) is 24.9 Å². The normalized spacial score (nSPS) is 24.6. The second-order valence-corrected chi connectivity index (χ2v) is 5.31. The quantitative estimate of drug-likeness (QED) is 0.787. The van der Waals surface area contributed by atoms with E-state index >= 15 is 0 Å². The Morgan fingerprint density at radius 2 is 2.25 bits per heavy atom. The zero-order chi connectivity index (χ0) is 11.5. The summed E-state index contributed by atoms with van der Waals surface area (Å²) in [5, 5.41) is 4.13. The van der Waals surface area contributed by atoms with Crippen molar-refractivity contribution in [1.82, 2.24) is 0 Å².